The second kappa shape index (κ2) is 9.33. The second-order valence-corrected chi connectivity index (χ2v) is 6.48. The molecule has 1 aromatic heterocycles. The Hall–Kier alpha value is -0.720. The number of guanidine groups is 1. The highest BCUT2D eigenvalue weighted by Crippen LogP contribution is 2.19. The third kappa shape index (κ3) is 8.34. The van der Waals surface area contributed by atoms with Crippen molar-refractivity contribution in [2.75, 3.05) is 13.6 Å². The molecular formula is C16H30IN3O. The zero-order valence-electron chi connectivity index (χ0n) is 14.1. The number of hydrogen-bond donors (Lipinski definition) is 2. The quantitative estimate of drug-likeness (QED) is 0.332. The SMILES string of the molecule is CN=C(NCCCC(C)(C)C)NC(C)c1ccc(C)o1.I. The van der Waals surface area contributed by atoms with Gasteiger partial charge >= 0.3 is 0 Å². The van der Waals surface area contributed by atoms with E-state index in [0.29, 0.717) is 5.41 Å². The normalized spacial score (nSPS) is 13.5. The van der Waals surface area contributed by atoms with Crippen LogP contribution in [0.3, 0.4) is 0 Å². The fourth-order valence-electron chi connectivity index (χ4n) is 1.98. The highest BCUT2D eigenvalue weighted by molar-refractivity contribution is 14.0. The Morgan fingerprint density at radius 1 is 1.33 bits per heavy atom. The van der Waals surface area contributed by atoms with Crippen LogP contribution in [0, 0.1) is 12.3 Å². The minimum Gasteiger partial charge on any atom is -0.464 e. The number of aryl methyl sites for hydroxylation is 1. The van der Waals surface area contributed by atoms with Crippen molar-refractivity contribution in [1.29, 1.82) is 0 Å². The second-order valence-electron chi connectivity index (χ2n) is 6.48. The topological polar surface area (TPSA) is 49.6 Å². The van der Waals surface area contributed by atoms with Crippen molar-refractivity contribution in [2.45, 2.75) is 53.5 Å². The lowest BCUT2D eigenvalue weighted by Gasteiger charge is -2.19. The van der Waals surface area contributed by atoms with E-state index in [1.807, 2.05) is 19.1 Å². The van der Waals surface area contributed by atoms with Gasteiger partial charge in [-0.05, 0) is 44.2 Å². The first-order chi connectivity index (χ1) is 9.31. The number of furan rings is 1. The van der Waals surface area contributed by atoms with Crippen molar-refractivity contribution in [2.24, 2.45) is 10.4 Å². The minimum absolute atomic E-state index is 0. The Balaban J connectivity index is 0.00000400. The van der Waals surface area contributed by atoms with Gasteiger partial charge in [0.1, 0.15) is 11.5 Å². The molecule has 1 heterocycles. The van der Waals surface area contributed by atoms with Gasteiger partial charge in [0, 0.05) is 13.6 Å². The molecule has 0 saturated carbocycles. The summed E-state index contributed by atoms with van der Waals surface area (Å²) in [6, 6.07) is 4.09. The lowest BCUT2D eigenvalue weighted by molar-refractivity contribution is 0.365. The zero-order valence-corrected chi connectivity index (χ0v) is 16.4. The van der Waals surface area contributed by atoms with Crippen LogP contribution in [-0.4, -0.2) is 19.6 Å². The van der Waals surface area contributed by atoms with Crippen molar-refractivity contribution >= 4 is 29.9 Å². The molecule has 0 aliphatic heterocycles. The Kier molecular flexibility index (Phi) is 9.01. The highest BCUT2D eigenvalue weighted by atomic mass is 127. The summed E-state index contributed by atoms with van der Waals surface area (Å²) < 4.78 is 5.62. The first kappa shape index (κ1) is 20.3. The summed E-state index contributed by atoms with van der Waals surface area (Å²) in [5.74, 6) is 2.68. The zero-order chi connectivity index (χ0) is 15.2. The van der Waals surface area contributed by atoms with Gasteiger partial charge in [0.25, 0.3) is 0 Å². The van der Waals surface area contributed by atoms with Crippen LogP contribution in [0.25, 0.3) is 0 Å². The van der Waals surface area contributed by atoms with E-state index < -0.39 is 0 Å². The molecular weight excluding hydrogens is 377 g/mol. The van der Waals surface area contributed by atoms with Crippen molar-refractivity contribution in [3.8, 4) is 0 Å². The third-order valence-corrected chi connectivity index (χ3v) is 3.16. The smallest absolute Gasteiger partial charge is 0.191 e. The van der Waals surface area contributed by atoms with Gasteiger partial charge in [-0.15, -0.1) is 24.0 Å². The number of hydrogen-bond acceptors (Lipinski definition) is 2. The molecule has 4 nitrogen and oxygen atoms in total. The van der Waals surface area contributed by atoms with Crippen LogP contribution in [0.1, 0.15) is 58.1 Å². The van der Waals surface area contributed by atoms with Crippen LogP contribution < -0.4 is 10.6 Å². The molecule has 0 amide bonds. The number of aliphatic imine (C=N–C) groups is 1. The van der Waals surface area contributed by atoms with Gasteiger partial charge in [0.15, 0.2) is 5.96 Å². The Bertz CT molecular complexity index is 435. The molecule has 1 aromatic rings. The minimum atomic E-state index is 0. The summed E-state index contributed by atoms with van der Waals surface area (Å²) in [7, 11) is 1.79. The van der Waals surface area contributed by atoms with Gasteiger partial charge in [0.05, 0.1) is 6.04 Å². The van der Waals surface area contributed by atoms with Gasteiger partial charge in [0.2, 0.25) is 0 Å². The van der Waals surface area contributed by atoms with Gasteiger partial charge in [-0.3, -0.25) is 4.99 Å². The van der Waals surface area contributed by atoms with E-state index in [-0.39, 0.29) is 30.0 Å². The average molecular weight is 407 g/mol. The number of nitrogens with zero attached hydrogens (tertiary/aromatic N) is 1. The van der Waals surface area contributed by atoms with E-state index in [1.165, 1.54) is 6.42 Å². The van der Waals surface area contributed by atoms with Crippen molar-refractivity contribution < 1.29 is 4.42 Å². The van der Waals surface area contributed by atoms with E-state index in [2.05, 4.69) is 43.3 Å². The lowest BCUT2D eigenvalue weighted by atomic mass is 9.91. The molecule has 0 spiro atoms. The van der Waals surface area contributed by atoms with E-state index in [0.717, 1.165) is 30.4 Å². The standard InChI is InChI=1S/C16H29N3O.HI/c1-12-8-9-14(20-12)13(2)19-15(17-6)18-11-7-10-16(3,4)5;/h8-9,13H,7,10-11H2,1-6H3,(H2,17,18,19);1H. The number of nitrogens with one attached hydrogen (secondary N) is 2. The first-order valence-electron chi connectivity index (χ1n) is 7.35. The third-order valence-electron chi connectivity index (χ3n) is 3.16. The van der Waals surface area contributed by atoms with Crippen molar-refractivity contribution in [1.82, 2.24) is 10.6 Å². The van der Waals surface area contributed by atoms with Crippen LogP contribution in [-0.2, 0) is 0 Å². The largest absolute Gasteiger partial charge is 0.464 e. The summed E-state index contributed by atoms with van der Waals surface area (Å²) >= 11 is 0. The van der Waals surface area contributed by atoms with Crippen molar-refractivity contribution in [3.63, 3.8) is 0 Å². The van der Waals surface area contributed by atoms with Gasteiger partial charge < -0.3 is 15.1 Å². The fourth-order valence-corrected chi connectivity index (χ4v) is 1.98. The molecule has 2 N–H and O–H groups in total. The van der Waals surface area contributed by atoms with Crippen molar-refractivity contribution in [3.05, 3.63) is 23.7 Å². The molecule has 0 radical (unpaired) electrons. The fraction of sp³-hybridized carbons (Fsp3) is 0.688. The Morgan fingerprint density at radius 3 is 2.48 bits per heavy atom. The predicted molar refractivity (Wildman–Crippen MR) is 100 cm³/mol. The molecule has 1 atom stereocenters. The van der Waals surface area contributed by atoms with Crippen LogP contribution in [0.15, 0.2) is 21.5 Å². The predicted octanol–water partition coefficient (Wildman–Crippen LogP) is 4.26. The molecule has 0 aliphatic carbocycles. The monoisotopic (exact) mass is 407 g/mol. The molecule has 0 aliphatic rings. The molecule has 1 rings (SSSR count). The molecule has 1 unspecified atom stereocenters. The maximum atomic E-state index is 5.62. The molecule has 122 valence electrons. The maximum absolute atomic E-state index is 5.62. The highest BCUT2D eigenvalue weighted by Gasteiger charge is 2.12. The van der Waals surface area contributed by atoms with Crippen LogP contribution in [0.2, 0.25) is 0 Å². The summed E-state index contributed by atoms with van der Waals surface area (Å²) in [5.41, 5.74) is 0.387. The first-order valence-corrected chi connectivity index (χ1v) is 7.35. The van der Waals surface area contributed by atoms with Gasteiger partial charge in [-0.2, -0.15) is 0 Å². The Morgan fingerprint density at radius 2 is 2.00 bits per heavy atom. The summed E-state index contributed by atoms with van der Waals surface area (Å²) in [6.07, 6.45) is 2.34. The van der Waals surface area contributed by atoms with Gasteiger partial charge in [-0.25, -0.2) is 0 Å². The summed E-state index contributed by atoms with van der Waals surface area (Å²) in [6.45, 7) is 11.8. The number of halogens is 1. The average Bonchev–Trinajstić information content (AvgIpc) is 2.78. The van der Waals surface area contributed by atoms with E-state index in [1.54, 1.807) is 7.05 Å². The molecule has 0 fully saturated rings. The van der Waals surface area contributed by atoms with Gasteiger partial charge in [-0.1, -0.05) is 20.8 Å². The van der Waals surface area contributed by atoms with Crippen LogP contribution >= 0.6 is 24.0 Å². The Labute approximate surface area is 146 Å². The molecule has 0 saturated heterocycles. The number of rotatable bonds is 5. The summed E-state index contributed by atoms with van der Waals surface area (Å²) in [4.78, 5) is 4.25. The molecule has 0 bridgehead atoms. The van der Waals surface area contributed by atoms with Crippen LogP contribution in [0.5, 0.6) is 0 Å². The summed E-state index contributed by atoms with van der Waals surface area (Å²) in [5, 5.41) is 6.69. The lowest BCUT2D eigenvalue weighted by Crippen LogP contribution is -2.39. The van der Waals surface area contributed by atoms with Crippen LogP contribution in [0.4, 0.5) is 0 Å². The van der Waals surface area contributed by atoms with E-state index in [9.17, 15) is 0 Å². The molecule has 21 heavy (non-hydrogen) atoms. The van der Waals surface area contributed by atoms with E-state index in [4.69, 9.17) is 4.42 Å². The maximum Gasteiger partial charge on any atom is 0.191 e. The molecule has 5 heteroatoms. The molecule has 0 aromatic carbocycles. The van der Waals surface area contributed by atoms with E-state index >= 15 is 0 Å².